The van der Waals surface area contributed by atoms with Crippen molar-refractivity contribution in [2.75, 3.05) is 25.0 Å². The lowest BCUT2D eigenvalue weighted by molar-refractivity contribution is 0.255. The van der Waals surface area contributed by atoms with Crippen molar-refractivity contribution in [2.45, 2.75) is 13.8 Å². The van der Waals surface area contributed by atoms with Crippen LogP contribution in [0, 0.1) is 13.8 Å². The van der Waals surface area contributed by atoms with E-state index in [0.717, 1.165) is 10.4 Å². The summed E-state index contributed by atoms with van der Waals surface area (Å²) in [7, 11) is 2.82. The van der Waals surface area contributed by atoms with E-state index in [1.54, 1.807) is 0 Å². The van der Waals surface area contributed by atoms with Crippen molar-refractivity contribution < 1.29 is 22.8 Å². The van der Waals surface area contributed by atoms with E-state index in [2.05, 4.69) is 25.5 Å². The Balaban J connectivity index is 1.90. The minimum Gasteiger partial charge on any atom is -0.481 e. The molecule has 2 aromatic rings. The third-order valence-corrected chi connectivity index (χ3v) is 4.49. The van der Waals surface area contributed by atoms with E-state index >= 15 is 0 Å². The van der Waals surface area contributed by atoms with Crippen molar-refractivity contribution in [1.29, 1.82) is 0 Å². The van der Waals surface area contributed by atoms with Crippen molar-refractivity contribution >= 4 is 40.3 Å². The molecule has 0 saturated carbocycles. The molecule has 1 atom stereocenters. The number of thiophene rings is 1. The highest BCUT2D eigenvalue weighted by molar-refractivity contribution is 7.78. The van der Waals surface area contributed by atoms with Crippen LogP contribution in [0.4, 0.5) is 16.4 Å². The number of carbonyl (C=O) groups excluding carboxylic acids is 1. The molecule has 0 aliphatic rings. The predicted octanol–water partition coefficient (Wildman–Crippen LogP) is 1.92. The molecule has 12 heteroatoms. The normalized spacial score (nSPS) is 11.5. The van der Waals surface area contributed by atoms with E-state index < -0.39 is 17.3 Å². The highest BCUT2D eigenvalue weighted by atomic mass is 32.2. The zero-order valence-electron chi connectivity index (χ0n) is 13.9. The molecule has 0 aliphatic heterocycles. The Labute approximate surface area is 150 Å². The first-order chi connectivity index (χ1) is 11.9. The number of anilines is 2. The van der Waals surface area contributed by atoms with E-state index in [1.807, 2.05) is 19.2 Å². The molecular formula is C13H17N5O5S2. The van der Waals surface area contributed by atoms with E-state index in [1.165, 1.54) is 31.6 Å². The molecule has 2 amide bonds. The Morgan fingerprint density at radius 1 is 1.20 bits per heavy atom. The summed E-state index contributed by atoms with van der Waals surface area (Å²) in [5.41, 5.74) is 4.22. The minimum atomic E-state index is -2.13. The lowest BCUT2D eigenvalue weighted by Gasteiger charge is -2.09. The van der Waals surface area contributed by atoms with Crippen molar-refractivity contribution in [3.05, 3.63) is 21.9 Å². The summed E-state index contributed by atoms with van der Waals surface area (Å²) in [4.78, 5) is 20.6. The number of methoxy groups -OCH3 is 2. The number of nitrogens with zero attached hydrogens (tertiary/aromatic N) is 2. The predicted molar refractivity (Wildman–Crippen MR) is 93.9 cm³/mol. The number of hydrogen-bond acceptors (Lipinski definition) is 9. The smallest absolute Gasteiger partial charge is 0.335 e. The van der Waals surface area contributed by atoms with E-state index in [0.29, 0.717) is 5.69 Å². The van der Waals surface area contributed by atoms with Gasteiger partial charge in [-0.15, -0.1) is 11.3 Å². The SMILES string of the molecule is COc1cc(OC)nc(NC(=O)NS(=O)ONc2c(C)csc2C)n1. The van der Waals surface area contributed by atoms with E-state index in [9.17, 15) is 9.00 Å². The molecular weight excluding hydrogens is 370 g/mol. The Morgan fingerprint density at radius 2 is 1.84 bits per heavy atom. The zero-order chi connectivity index (χ0) is 18.4. The number of amides is 2. The van der Waals surface area contributed by atoms with Crippen LogP contribution in [-0.4, -0.2) is 34.4 Å². The molecule has 0 radical (unpaired) electrons. The quantitative estimate of drug-likeness (QED) is 0.616. The highest BCUT2D eigenvalue weighted by Crippen LogP contribution is 2.26. The van der Waals surface area contributed by atoms with Gasteiger partial charge in [0.25, 0.3) is 11.3 Å². The summed E-state index contributed by atoms with van der Waals surface area (Å²) in [5, 5.41) is 4.24. The van der Waals surface area contributed by atoms with E-state index in [-0.39, 0.29) is 17.7 Å². The first kappa shape index (κ1) is 18.9. The van der Waals surface area contributed by atoms with Gasteiger partial charge in [0.05, 0.1) is 26.0 Å². The molecule has 0 aliphatic carbocycles. The summed E-state index contributed by atoms with van der Waals surface area (Å²) in [6, 6.07) is 0.619. The van der Waals surface area contributed by atoms with Gasteiger partial charge in [0.15, 0.2) is 0 Å². The second-order valence-electron chi connectivity index (χ2n) is 4.60. The average molecular weight is 387 g/mol. The number of rotatable bonds is 7. The third-order valence-electron chi connectivity index (χ3n) is 2.88. The van der Waals surface area contributed by atoms with Crippen LogP contribution in [0.3, 0.4) is 0 Å². The van der Waals surface area contributed by atoms with Gasteiger partial charge in [-0.05, 0) is 24.8 Å². The van der Waals surface area contributed by atoms with Crippen LogP contribution in [-0.2, 0) is 15.6 Å². The molecule has 2 rings (SSSR count). The van der Waals surface area contributed by atoms with Gasteiger partial charge in [0.2, 0.25) is 17.7 Å². The third kappa shape index (κ3) is 5.27. The first-order valence-corrected chi connectivity index (χ1v) is 8.83. The maximum absolute atomic E-state index is 11.8. The maximum atomic E-state index is 11.8. The fourth-order valence-corrected chi connectivity index (χ4v) is 2.89. The van der Waals surface area contributed by atoms with Gasteiger partial charge >= 0.3 is 6.03 Å². The monoisotopic (exact) mass is 387 g/mol. The summed E-state index contributed by atoms with van der Waals surface area (Å²) < 4.78 is 28.7. The summed E-state index contributed by atoms with van der Waals surface area (Å²) >= 11 is -0.602. The highest BCUT2D eigenvalue weighted by Gasteiger charge is 2.13. The van der Waals surface area contributed by atoms with Gasteiger partial charge in [-0.25, -0.2) is 19.2 Å². The summed E-state index contributed by atoms with van der Waals surface area (Å²) in [5.74, 6) is 0.317. The van der Waals surface area contributed by atoms with Crippen LogP contribution in [0.1, 0.15) is 10.4 Å². The van der Waals surface area contributed by atoms with Gasteiger partial charge in [-0.1, -0.05) is 0 Å². The molecule has 2 aromatic heterocycles. The molecule has 0 fully saturated rings. The minimum absolute atomic E-state index is 0.0804. The molecule has 3 N–H and O–H groups in total. The van der Waals surface area contributed by atoms with Gasteiger partial charge in [-0.2, -0.15) is 14.3 Å². The Morgan fingerprint density at radius 3 is 2.36 bits per heavy atom. The van der Waals surface area contributed by atoms with Crippen LogP contribution < -0.4 is 25.0 Å². The number of urea groups is 1. The fourth-order valence-electron chi connectivity index (χ4n) is 1.70. The number of aryl methyl sites for hydroxylation is 2. The van der Waals surface area contributed by atoms with Crippen molar-refractivity contribution in [2.24, 2.45) is 0 Å². The standard InChI is InChI=1S/C13H17N5O5S2/c1-7-6-24-8(2)11(7)17-23-25(20)18-13(19)16-12-14-9(21-3)5-10(15-12)22-4/h5-6,17H,1-4H3,(H2,14,15,16,18,19). The fraction of sp³-hybridized carbons (Fsp3) is 0.308. The maximum Gasteiger partial charge on any atom is 0.335 e. The molecule has 0 saturated heterocycles. The average Bonchev–Trinajstić information content (AvgIpc) is 2.90. The van der Waals surface area contributed by atoms with Crippen LogP contribution in [0.5, 0.6) is 11.8 Å². The lowest BCUT2D eigenvalue weighted by Crippen LogP contribution is -2.33. The summed E-state index contributed by atoms with van der Waals surface area (Å²) in [6.07, 6.45) is 0. The van der Waals surface area contributed by atoms with Gasteiger partial charge in [0, 0.05) is 4.88 Å². The Bertz CT molecular complexity index is 740. The van der Waals surface area contributed by atoms with Crippen molar-refractivity contribution in [3.8, 4) is 11.8 Å². The Hall–Kier alpha value is -2.44. The Kier molecular flexibility index (Phi) is 6.50. The van der Waals surface area contributed by atoms with Crippen molar-refractivity contribution in [3.63, 3.8) is 0 Å². The number of carbonyl (C=O) groups is 1. The molecule has 0 bridgehead atoms. The van der Waals surface area contributed by atoms with Crippen LogP contribution in [0.15, 0.2) is 11.4 Å². The molecule has 10 nitrogen and oxygen atoms in total. The van der Waals surface area contributed by atoms with Gasteiger partial charge in [0.1, 0.15) is 0 Å². The first-order valence-electron chi connectivity index (χ1n) is 6.87. The molecule has 0 aromatic carbocycles. The second kappa shape index (κ2) is 8.60. The van der Waals surface area contributed by atoms with Gasteiger partial charge in [-0.3, -0.25) is 5.32 Å². The van der Waals surface area contributed by atoms with Crippen LogP contribution in [0.2, 0.25) is 0 Å². The molecule has 1 unspecified atom stereocenters. The molecule has 25 heavy (non-hydrogen) atoms. The van der Waals surface area contributed by atoms with Gasteiger partial charge < -0.3 is 9.47 Å². The largest absolute Gasteiger partial charge is 0.481 e. The topological polar surface area (TPSA) is 124 Å². The number of aromatic nitrogens is 2. The summed E-state index contributed by atoms with van der Waals surface area (Å²) in [6.45, 7) is 3.77. The van der Waals surface area contributed by atoms with Crippen molar-refractivity contribution in [1.82, 2.24) is 14.7 Å². The number of nitrogens with one attached hydrogen (secondary N) is 3. The lowest BCUT2D eigenvalue weighted by atomic mass is 10.3. The van der Waals surface area contributed by atoms with Crippen LogP contribution >= 0.6 is 11.3 Å². The van der Waals surface area contributed by atoms with E-state index in [4.69, 9.17) is 13.8 Å². The molecule has 0 spiro atoms. The molecule has 136 valence electrons. The second-order valence-corrected chi connectivity index (χ2v) is 6.53. The number of ether oxygens (including phenoxy) is 2. The molecule has 2 heterocycles. The zero-order valence-corrected chi connectivity index (χ0v) is 15.5. The van der Waals surface area contributed by atoms with Crippen LogP contribution in [0.25, 0.3) is 0 Å². The number of hydrogen-bond donors (Lipinski definition) is 3.